The maximum Gasteiger partial charge on any atom is 0.170 e. The monoisotopic (exact) mass is 136 g/mol. The lowest BCUT2D eigenvalue weighted by atomic mass is 10.2. The predicted octanol–water partition coefficient (Wildman–Crippen LogP) is 0.723. The highest BCUT2D eigenvalue weighted by Crippen LogP contribution is 2.16. The van der Waals surface area contributed by atoms with Gasteiger partial charge in [0.15, 0.2) is 6.29 Å². The summed E-state index contributed by atoms with van der Waals surface area (Å²) in [6, 6.07) is 0. The molecule has 0 aromatic carbocycles. The number of hydrogen-bond acceptors (Lipinski definition) is 2. The molecule has 1 N–H and O–H groups in total. The number of ether oxygens (including phenoxy) is 1. The van der Waals surface area contributed by atoms with Crippen LogP contribution < -0.4 is 0 Å². The summed E-state index contributed by atoms with van der Waals surface area (Å²) < 4.78 is 4.81. The minimum Gasteiger partial charge on any atom is -0.367 e. The molecule has 2 nitrogen and oxygen atoms in total. The van der Waals surface area contributed by atoms with Gasteiger partial charge in [0.25, 0.3) is 0 Å². The smallest absolute Gasteiger partial charge is 0.170 e. The fourth-order valence-corrected chi connectivity index (χ4v) is 0.956. The first-order valence-corrected chi connectivity index (χ1v) is 3.18. The molecule has 48 valence electrons. The summed E-state index contributed by atoms with van der Waals surface area (Å²) in [5.74, 6) is 0. The molecule has 0 bridgehead atoms. The summed E-state index contributed by atoms with van der Waals surface area (Å²) in [6.07, 6.45) is 1.10. The molecule has 1 fully saturated rings. The van der Waals surface area contributed by atoms with Crippen LogP contribution in [0.15, 0.2) is 0 Å². The molecule has 1 aliphatic rings. The number of alkyl halides is 1. The van der Waals surface area contributed by atoms with E-state index in [0.717, 1.165) is 12.8 Å². The number of rotatable bonds is 0. The Bertz CT molecular complexity index is 66.8. The normalized spacial score (nSPS) is 39.8. The van der Waals surface area contributed by atoms with Gasteiger partial charge < -0.3 is 9.84 Å². The Labute approximate surface area is 53.4 Å². The Morgan fingerprint density at radius 2 is 2.38 bits per heavy atom. The maximum absolute atomic E-state index is 8.82. The second kappa shape index (κ2) is 2.67. The van der Waals surface area contributed by atoms with Crippen LogP contribution in [0, 0.1) is 0 Å². The average molecular weight is 137 g/mol. The topological polar surface area (TPSA) is 29.5 Å². The third-order valence-electron chi connectivity index (χ3n) is 1.22. The molecule has 0 aromatic heterocycles. The molecule has 1 rings (SSSR count). The SMILES string of the molecule is O[C@@H]1OCCC[C@H]1Cl. The Kier molecular flexibility index (Phi) is 2.11. The van der Waals surface area contributed by atoms with Crippen LogP contribution in [-0.4, -0.2) is 23.4 Å². The van der Waals surface area contributed by atoms with E-state index in [0.29, 0.717) is 6.61 Å². The zero-order valence-electron chi connectivity index (χ0n) is 4.51. The lowest BCUT2D eigenvalue weighted by Crippen LogP contribution is -2.29. The van der Waals surface area contributed by atoms with Crippen LogP contribution in [0.1, 0.15) is 12.8 Å². The van der Waals surface area contributed by atoms with Crippen molar-refractivity contribution in [3.8, 4) is 0 Å². The Balaban J connectivity index is 2.28. The largest absolute Gasteiger partial charge is 0.367 e. The third kappa shape index (κ3) is 1.34. The van der Waals surface area contributed by atoms with E-state index in [1.807, 2.05) is 0 Å². The molecule has 0 saturated carbocycles. The molecule has 1 saturated heterocycles. The quantitative estimate of drug-likeness (QED) is 0.498. The van der Waals surface area contributed by atoms with Gasteiger partial charge in [-0.25, -0.2) is 0 Å². The van der Waals surface area contributed by atoms with E-state index in [1.54, 1.807) is 0 Å². The van der Waals surface area contributed by atoms with Gasteiger partial charge in [-0.15, -0.1) is 11.6 Å². The third-order valence-corrected chi connectivity index (χ3v) is 1.66. The number of aliphatic hydroxyl groups is 1. The molecule has 2 atom stereocenters. The molecule has 0 amide bonds. The van der Waals surface area contributed by atoms with Crippen molar-refractivity contribution in [2.45, 2.75) is 24.5 Å². The first kappa shape index (κ1) is 6.33. The van der Waals surface area contributed by atoms with Gasteiger partial charge in [-0.2, -0.15) is 0 Å². The van der Waals surface area contributed by atoms with E-state index in [2.05, 4.69) is 0 Å². The predicted molar refractivity (Wildman–Crippen MR) is 30.8 cm³/mol. The van der Waals surface area contributed by atoms with Gasteiger partial charge in [0.05, 0.1) is 5.38 Å². The van der Waals surface area contributed by atoms with Crippen molar-refractivity contribution in [2.75, 3.05) is 6.61 Å². The summed E-state index contributed by atoms with van der Waals surface area (Å²) >= 11 is 5.59. The summed E-state index contributed by atoms with van der Waals surface area (Å²) in [5, 5.41) is 8.63. The molecule has 0 spiro atoms. The van der Waals surface area contributed by atoms with Gasteiger partial charge in [0.1, 0.15) is 0 Å². The molecule has 0 radical (unpaired) electrons. The lowest BCUT2D eigenvalue weighted by Gasteiger charge is -2.22. The fraction of sp³-hybridized carbons (Fsp3) is 1.00. The average Bonchev–Trinajstić information content (AvgIpc) is 1.77. The van der Waals surface area contributed by atoms with E-state index in [4.69, 9.17) is 21.4 Å². The van der Waals surface area contributed by atoms with Crippen molar-refractivity contribution in [2.24, 2.45) is 0 Å². The first-order chi connectivity index (χ1) is 3.80. The second-order valence-electron chi connectivity index (χ2n) is 1.92. The van der Waals surface area contributed by atoms with E-state index in [9.17, 15) is 0 Å². The first-order valence-electron chi connectivity index (χ1n) is 2.74. The van der Waals surface area contributed by atoms with Gasteiger partial charge in [-0.05, 0) is 12.8 Å². The highest BCUT2D eigenvalue weighted by Gasteiger charge is 2.20. The van der Waals surface area contributed by atoms with Crippen molar-refractivity contribution >= 4 is 11.6 Å². The van der Waals surface area contributed by atoms with E-state index in [1.165, 1.54) is 0 Å². The van der Waals surface area contributed by atoms with Crippen LogP contribution in [0.3, 0.4) is 0 Å². The summed E-state index contributed by atoms with van der Waals surface area (Å²) in [6.45, 7) is 0.643. The van der Waals surface area contributed by atoms with E-state index >= 15 is 0 Å². The summed E-state index contributed by atoms with van der Waals surface area (Å²) in [5.41, 5.74) is 0. The zero-order chi connectivity index (χ0) is 5.98. The Morgan fingerprint density at radius 3 is 2.75 bits per heavy atom. The van der Waals surface area contributed by atoms with E-state index < -0.39 is 6.29 Å². The van der Waals surface area contributed by atoms with Gasteiger partial charge in [-0.1, -0.05) is 0 Å². The maximum atomic E-state index is 8.82. The minimum atomic E-state index is -0.731. The van der Waals surface area contributed by atoms with Crippen molar-refractivity contribution < 1.29 is 9.84 Å². The zero-order valence-corrected chi connectivity index (χ0v) is 5.27. The summed E-state index contributed by atoms with van der Waals surface area (Å²) in [7, 11) is 0. The molecule has 3 heteroatoms. The molecule has 8 heavy (non-hydrogen) atoms. The van der Waals surface area contributed by atoms with Crippen molar-refractivity contribution in [1.82, 2.24) is 0 Å². The van der Waals surface area contributed by atoms with Crippen molar-refractivity contribution in [1.29, 1.82) is 0 Å². The number of halogens is 1. The highest BCUT2D eigenvalue weighted by atomic mass is 35.5. The van der Waals surface area contributed by atoms with Crippen molar-refractivity contribution in [3.05, 3.63) is 0 Å². The molecular formula is C5H9ClO2. The van der Waals surface area contributed by atoms with E-state index in [-0.39, 0.29) is 5.38 Å². The van der Waals surface area contributed by atoms with Crippen LogP contribution in [0.2, 0.25) is 0 Å². The van der Waals surface area contributed by atoms with Crippen LogP contribution in [0.25, 0.3) is 0 Å². The van der Waals surface area contributed by atoms with Crippen molar-refractivity contribution in [3.63, 3.8) is 0 Å². The minimum absolute atomic E-state index is 0.191. The fourth-order valence-electron chi connectivity index (χ4n) is 0.729. The molecule has 1 aliphatic heterocycles. The lowest BCUT2D eigenvalue weighted by molar-refractivity contribution is -0.120. The Hall–Kier alpha value is 0.210. The number of aliphatic hydroxyl groups excluding tert-OH is 1. The van der Waals surface area contributed by atoms with Gasteiger partial charge in [-0.3, -0.25) is 0 Å². The summed E-state index contributed by atoms with van der Waals surface area (Å²) in [4.78, 5) is 0. The van der Waals surface area contributed by atoms with Gasteiger partial charge in [0.2, 0.25) is 0 Å². The second-order valence-corrected chi connectivity index (χ2v) is 2.48. The van der Waals surface area contributed by atoms with Crippen LogP contribution in [0.5, 0.6) is 0 Å². The van der Waals surface area contributed by atoms with Crippen LogP contribution in [0.4, 0.5) is 0 Å². The number of hydrogen-bond donors (Lipinski definition) is 1. The molecule has 0 aliphatic carbocycles. The Morgan fingerprint density at radius 1 is 1.62 bits per heavy atom. The van der Waals surface area contributed by atoms with Crippen LogP contribution in [-0.2, 0) is 4.74 Å². The standard InChI is InChI=1S/C5H9ClO2/c6-4-2-1-3-8-5(4)7/h4-5,7H,1-3H2/t4-,5-/m1/s1. The van der Waals surface area contributed by atoms with Gasteiger partial charge >= 0.3 is 0 Å². The molecule has 1 heterocycles. The van der Waals surface area contributed by atoms with Crippen LogP contribution >= 0.6 is 11.6 Å². The highest BCUT2D eigenvalue weighted by molar-refractivity contribution is 6.20. The molecular weight excluding hydrogens is 128 g/mol. The molecule has 0 aromatic rings. The van der Waals surface area contributed by atoms with Gasteiger partial charge in [0, 0.05) is 6.61 Å². The molecule has 0 unspecified atom stereocenters.